The number of anilines is 1. The average molecular weight is 423 g/mol. The Labute approximate surface area is 174 Å². The number of benzene rings is 2. The largest absolute Gasteiger partial charge is 0.332 e. The van der Waals surface area contributed by atoms with Crippen LogP contribution in [0.3, 0.4) is 0 Å². The molecule has 4 aromatic rings. The van der Waals surface area contributed by atoms with Gasteiger partial charge in [0.2, 0.25) is 11.7 Å². The highest BCUT2D eigenvalue weighted by molar-refractivity contribution is 5.91. The second kappa shape index (κ2) is 8.27. The number of aromatic nitrogens is 4. The first-order valence-electron chi connectivity index (χ1n) is 9.13. The van der Waals surface area contributed by atoms with Crippen LogP contribution in [-0.2, 0) is 11.3 Å². The number of carbonyl (C=O) groups is 1. The van der Waals surface area contributed by atoms with E-state index in [4.69, 9.17) is 4.52 Å². The van der Waals surface area contributed by atoms with Crippen molar-refractivity contribution in [3.8, 4) is 23.0 Å². The Morgan fingerprint density at radius 2 is 1.81 bits per heavy atom. The zero-order chi connectivity index (χ0) is 22.0. The molecule has 2 aromatic carbocycles. The van der Waals surface area contributed by atoms with Gasteiger partial charge in [0.25, 0.3) is 11.4 Å². The molecule has 156 valence electrons. The number of nitrogens with zero attached hydrogens (tertiary/aromatic N) is 4. The first kappa shape index (κ1) is 20.1. The molecule has 1 amide bonds. The zero-order valence-electron chi connectivity index (χ0n) is 16.2. The Balaban J connectivity index is 1.54. The van der Waals surface area contributed by atoms with Crippen LogP contribution < -0.4 is 10.9 Å². The van der Waals surface area contributed by atoms with Crippen molar-refractivity contribution in [1.82, 2.24) is 19.9 Å². The molecule has 0 spiro atoms. The molecule has 0 saturated heterocycles. The quantitative estimate of drug-likeness (QED) is 0.529. The second-order valence-electron chi connectivity index (χ2n) is 6.65. The van der Waals surface area contributed by atoms with Crippen molar-refractivity contribution in [2.45, 2.75) is 13.5 Å². The molecule has 4 rings (SSSR count). The standard InChI is InChI=1S/C21H15F2N5O3/c1-12-10-15(23)6-7-16(12)24-18(29)11-28-19(30)9-8-17(26-28)21-25-20(27-31-21)13-2-4-14(22)5-3-13/h2-10H,11H2,1H3,(H,24,29). The number of hydrogen-bond acceptors (Lipinski definition) is 6. The first-order chi connectivity index (χ1) is 14.9. The third-order valence-electron chi connectivity index (χ3n) is 4.37. The smallest absolute Gasteiger partial charge is 0.278 e. The van der Waals surface area contributed by atoms with E-state index in [0.29, 0.717) is 16.8 Å². The molecule has 0 bridgehead atoms. The summed E-state index contributed by atoms with van der Waals surface area (Å²) >= 11 is 0. The van der Waals surface area contributed by atoms with Crippen molar-refractivity contribution in [3.63, 3.8) is 0 Å². The molecule has 10 heteroatoms. The predicted molar refractivity (Wildman–Crippen MR) is 107 cm³/mol. The van der Waals surface area contributed by atoms with Crippen molar-refractivity contribution >= 4 is 11.6 Å². The number of rotatable bonds is 5. The minimum absolute atomic E-state index is 0.0304. The van der Waals surface area contributed by atoms with E-state index < -0.39 is 23.1 Å². The summed E-state index contributed by atoms with van der Waals surface area (Å²) in [6, 6.07) is 12.1. The van der Waals surface area contributed by atoms with Crippen LogP contribution in [0.4, 0.5) is 14.5 Å². The lowest BCUT2D eigenvalue weighted by molar-refractivity contribution is -0.117. The van der Waals surface area contributed by atoms with Crippen LogP contribution in [0, 0.1) is 18.6 Å². The number of halogens is 2. The predicted octanol–water partition coefficient (Wildman–Crippen LogP) is 3.19. The monoisotopic (exact) mass is 423 g/mol. The molecule has 31 heavy (non-hydrogen) atoms. The van der Waals surface area contributed by atoms with Crippen molar-refractivity contribution in [3.05, 3.63) is 82.1 Å². The molecule has 2 aromatic heterocycles. The maximum atomic E-state index is 13.2. The van der Waals surface area contributed by atoms with E-state index >= 15 is 0 Å². The maximum absolute atomic E-state index is 13.2. The van der Waals surface area contributed by atoms with Gasteiger partial charge >= 0.3 is 0 Å². The normalized spacial score (nSPS) is 10.8. The number of aryl methyl sites for hydroxylation is 1. The summed E-state index contributed by atoms with van der Waals surface area (Å²) in [7, 11) is 0. The summed E-state index contributed by atoms with van der Waals surface area (Å²) in [5.41, 5.74) is 1.19. The number of nitrogens with one attached hydrogen (secondary N) is 1. The van der Waals surface area contributed by atoms with Crippen LogP contribution in [0.2, 0.25) is 0 Å². The molecule has 1 N–H and O–H groups in total. The highest BCUT2D eigenvalue weighted by Gasteiger charge is 2.15. The summed E-state index contributed by atoms with van der Waals surface area (Å²) in [5, 5.41) is 10.6. The Bertz CT molecular complexity index is 1320. The molecule has 0 aliphatic carbocycles. The fourth-order valence-corrected chi connectivity index (χ4v) is 2.81. The lowest BCUT2D eigenvalue weighted by Gasteiger charge is -2.09. The van der Waals surface area contributed by atoms with Crippen LogP contribution >= 0.6 is 0 Å². The molecular formula is C21H15F2N5O3. The number of carbonyl (C=O) groups excluding carboxylic acids is 1. The van der Waals surface area contributed by atoms with Crippen molar-refractivity contribution in [1.29, 1.82) is 0 Å². The molecule has 0 aliphatic rings. The molecule has 0 atom stereocenters. The van der Waals surface area contributed by atoms with Crippen LogP contribution in [0.1, 0.15) is 5.56 Å². The summed E-state index contributed by atoms with van der Waals surface area (Å²) < 4.78 is 32.4. The maximum Gasteiger partial charge on any atom is 0.278 e. The van der Waals surface area contributed by atoms with E-state index in [1.807, 2.05) is 0 Å². The van der Waals surface area contributed by atoms with Crippen LogP contribution in [0.25, 0.3) is 23.0 Å². The summed E-state index contributed by atoms with van der Waals surface area (Å²) in [5.74, 6) is -1.07. The van der Waals surface area contributed by atoms with Gasteiger partial charge in [-0.05, 0) is 61.0 Å². The minimum atomic E-state index is -0.515. The van der Waals surface area contributed by atoms with Crippen LogP contribution in [-0.4, -0.2) is 25.8 Å². The Morgan fingerprint density at radius 3 is 2.55 bits per heavy atom. The topological polar surface area (TPSA) is 103 Å². The van der Waals surface area contributed by atoms with E-state index in [1.54, 1.807) is 6.92 Å². The highest BCUT2D eigenvalue weighted by Crippen LogP contribution is 2.20. The van der Waals surface area contributed by atoms with E-state index in [-0.39, 0.29) is 24.0 Å². The molecule has 0 radical (unpaired) electrons. The van der Waals surface area contributed by atoms with Gasteiger partial charge in [-0.1, -0.05) is 5.16 Å². The summed E-state index contributed by atoms with van der Waals surface area (Å²) in [6.07, 6.45) is 0. The molecule has 0 aliphatic heterocycles. The Kier molecular flexibility index (Phi) is 5.35. The fraction of sp³-hybridized carbons (Fsp3) is 0.0952. The summed E-state index contributed by atoms with van der Waals surface area (Å²) in [6.45, 7) is 1.28. The first-order valence-corrected chi connectivity index (χ1v) is 9.13. The van der Waals surface area contributed by atoms with Gasteiger partial charge in [0.15, 0.2) is 0 Å². The average Bonchev–Trinajstić information content (AvgIpc) is 3.22. The highest BCUT2D eigenvalue weighted by atomic mass is 19.1. The second-order valence-corrected chi connectivity index (χ2v) is 6.65. The Hall–Kier alpha value is -4.21. The zero-order valence-corrected chi connectivity index (χ0v) is 16.2. The third-order valence-corrected chi connectivity index (χ3v) is 4.37. The van der Waals surface area contributed by atoms with E-state index in [0.717, 1.165) is 4.68 Å². The van der Waals surface area contributed by atoms with Gasteiger partial charge in [-0.15, -0.1) is 0 Å². The summed E-state index contributed by atoms with van der Waals surface area (Å²) in [4.78, 5) is 28.7. The van der Waals surface area contributed by atoms with Gasteiger partial charge < -0.3 is 9.84 Å². The fourth-order valence-electron chi connectivity index (χ4n) is 2.81. The van der Waals surface area contributed by atoms with Gasteiger partial charge in [-0.2, -0.15) is 10.1 Å². The van der Waals surface area contributed by atoms with Gasteiger partial charge in [-0.25, -0.2) is 13.5 Å². The Morgan fingerprint density at radius 1 is 1.06 bits per heavy atom. The molecule has 0 saturated carbocycles. The van der Waals surface area contributed by atoms with Gasteiger partial charge in [0.05, 0.1) is 0 Å². The van der Waals surface area contributed by atoms with E-state index in [1.165, 1.54) is 54.6 Å². The lowest BCUT2D eigenvalue weighted by atomic mass is 10.2. The number of hydrogen-bond donors (Lipinski definition) is 1. The van der Waals surface area contributed by atoms with Gasteiger partial charge in [0.1, 0.15) is 23.9 Å². The van der Waals surface area contributed by atoms with E-state index in [2.05, 4.69) is 20.6 Å². The van der Waals surface area contributed by atoms with E-state index in [9.17, 15) is 18.4 Å². The van der Waals surface area contributed by atoms with Crippen molar-refractivity contribution in [2.75, 3.05) is 5.32 Å². The van der Waals surface area contributed by atoms with Crippen molar-refractivity contribution in [2.24, 2.45) is 0 Å². The lowest BCUT2D eigenvalue weighted by Crippen LogP contribution is -2.29. The SMILES string of the molecule is Cc1cc(F)ccc1NC(=O)Cn1nc(-c2nc(-c3ccc(F)cc3)no2)ccc1=O. The third kappa shape index (κ3) is 4.53. The molecule has 8 nitrogen and oxygen atoms in total. The minimum Gasteiger partial charge on any atom is -0.332 e. The van der Waals surface area contributed by atoms with Gasteiger partial charge in [0, 0.05) is 17.3 Å². The molecule has 2 heterocycles. The molecular weight excluding hydrogens is 408 g/mol. The van der Waals surface area contributed by atoms with Crippen molar-refractivity contribution < 1.29 is 18.1 Å². The van der Waals surface area contributed by atoms with Gasteiger partial charge in [-0.3, -0.25) is 9.59 Å². The van der Waals surface area contributed by atoms with Crippen LogP contribution in [0.5, 0.6) is 0 Å². The van der Waals surface area contributed by atoms with Crippen LogP contribution in [0.15, 0.2) is 63.9 Å². The number of amides is 1. The molecule has 0 unspecified atom stereocenters. The molecule has 0 fully saturated rings.